The third-order valence-electron chi connectivity index (χ3n) is 10.7. The largest absolute Gasteiger partial charge is 0.504 e. The highest BCUT2D eigenvalue weighted by atomic mass is 32.1. The third-order valence-corrected chi connectivity index (χ3v) is 11.0. The number of aliphatic hydroxyl groups is 3. The van der Waals surface area contributed by atoms with E-state index in [0.717, 1.165) is 29.6 Å². The first-order valence-electron chi connectivity index (χ1n) is 15.4. The maximum absolute atomic E-state index is 14.0. The number of carbonyl (C=O) groups is 2. The van der Waals surface area contributed by atoms with Crippen LogP contribution in [-0.2, 0) is 21.4 Å². The molecule has 13 nitrogen and oxygen atoms in total. The van der Waals surface area contributed by atoms with Crippen molar-refractivity contribution in [1.29, 1.82) is 0 Å². The molecule has 8 atom stereocenters. The first-order chi connectivity index (χ1) is 21.9. The standard InChI is InChI=1S/C28H29N3O4S.C4H6O6/c32-19-8-7-15-12-20-28(34)13-16(11-14-5-6-14)22(24-27(28,9-10-29-20)21(15)23(19)35-24)31-25(33)17-3-1-2-4-18(17)30-26(31)36;5-1(3(7)8)2(6)4(9)10/h1-4,7-8,14,16,20,22,24,29,32,34H,5-6,9-13H2,(H,30,36);1-2,5-6H,(H,7,8)(H,9,10)/t16?,20-,22-,24+,27+,28-;/m1./s1. The van der Waals surface area contributed by atoms with Crippen LogP contribution in [0.5, 0.6) is 11.5 Å². The van der Waals surface area contributed by atoms with Crippen LogP contribution < -0.4 is 15.6 Å². The number of benzene rings is 2. The van der Waals surface area contributed by atoms with Crippen molar-refractivity contribution >= 4 is 35.1 Å². The van der Waals surface area contributed by atoms with Crippen LogP contribution in [0, 0.1) is 16.6 Å². The number of phenols is 1. The summed E-state index contributed by atoms with van der Waals surface area (Å²) in [7, 11) is 0. The predicted molar refractivity (Wildman–Crippen MR) is 164 cm³/mol. The number of rotatable bonds is 6. The molecule has 2 aliphatic heterocycles. The number of aromatic nitrogens is 2. The molecule has 5 aliphatic rings. The first-order valence-corrected chi connectivity index (χ1v) is 15.8. The van der Waals surface area contributed by atoms with Crippen LogP contribution in [0.2, 0.25) is 0 Å². The van der Waals surface area contributed by atoms with Crippen molar-refractivity contribution in [2.75, 3.05) is 6.54 Å². The van der Waals surface area contributed by atoms with Crippen LogP contribution in [0.1, 0.15) is 49.3 Å². The molecule has 3 aromatic rings. The molecule has 2 aromatic carbocycles. The smallest absolute Gasteiger partial charge is 0.335 e. The average molecular weight is 654 g/mol. The summed E-state index contributed by atoms with van der Waals surface area (Å²) in [6.45, 7) is 0.751. The highest BCUT2D eigenvalue weighted by molar-refractivity contribution is 7.71. The Labute approximate surface area is 267 Å². The molecule has 3 fully saturated rings. The minimum Gasteiger partial charge on any atom is -0.504 e. The summed E-state index contributed by atoms with van der Waals surface area (Å²) in [5, 5.41) is 60.3. The first kappa shape index (κ1) is 30.8. The van der Waals surface area contributed by atoms with Gasteiger partial charge in [0, 0.05) is 11.6 Å². The molecule has 3 heterocycles. The topological polar surface area (TPSA) is 215 Å². The number of aliphatic hydroxyl groups excluding tert-OH is 2. The van der Waals surface area contributed by atoms with Gasteiger partial charge in [0.2, 0.25) is 0 Å². The third kappa shape index (κ3) is 4.42. The number of phenolic OH excluding ortho intramolecular Hbond substituents is 1. The summed E-state index contributed by atoms with van der Waals surface area (Å²) in [5.41, 5.74) is 0.940. The number of aromatic amines is 1. The van der Waals surface area contributed by atoms with Gasteiger partial charge in [0.25, 0.3) is 5.56 Å². The van der Waals surface area contributed by atoms with Crippen LogP contribution in [-0.4, -0.2) is 88.6 Å². The predicted octanol–water partition coefficient (Wildman–Crippen LogP) is 1.35. The van der Waals surface area contributed by atoms with E-state index < -0.39 is 41.3 Å². The Balaban J connectivity index is 0.000000296. The molecular formula is C32H35N3O10S. The van der Waals surface area contributed by atoms with E-state index in [1.807, 2.05) is 30.3 Å². The zero-order chi connectivity index (χ0) is 32.7. The number of para-hydroxylation sites is 1. The fraction of sp³-hybridized carbons (Fsp3) is 0.500. The van der Waals surface area contributed by atoms with Gasteiger partial charge in [-0.25, -0.2) is 9.59 Å². The summed E-state index contributed by atoms with van der Waals surface area (Å²) in [5.74, 6) is -2.32. The molecule has 14 heteroatoms. The van der Waals surface area contributed by atoms with Gasteiger partial charge in [-0.15, -0.1) is 0 Å². The normalized spacial score (nSPS) is 31.5. The number of carboxylic acid groups (broad SMARTS) is 2. The maximum atomic E-state index is 14.0. The molecule has 8 N–H and O–H groups in total. The Morgan fingerprint density at radius 2 is 1.78 bits per heavy atom. The molecule has 1 spiro atoms. The van der Waals surface area contributed by atoms with Crippen LogP contribution in [0.25, 0.3) is 10.9 Å². The van der Waals surface area contributed by atoms with E-state index in [-0.39, 0.29) is 29.3 Å². The highest BCUT2D eigenvalue weighted by Crippen LogP contribution is 2.67. The quantitative estimate of drug-likeness (QED) is 0.177. The Morgan fingerprint density at radius 3 is 2.46 bits per heavy atom. The molecule has 3 unspecified atom stereocenters. The maximum Gasteiger partial charge on any atom is 0.335 e. The van der Waals surface area contributed by atoms with Gasteiger partial charge >= 0.3 is 11.9 Å². The van der Waals surface area contributed by atoms with Crippen molar-refractivity contribution in [3.63, 3.8) is 0 Å². The van der Waals surface area contributed by atoms with Crippen LogP contribution >= 0.6 is 12.2 Å². The lowest BCUT2D eigenvalue weighted by Crippen LogP contribution is -2.77. The van der Waals surface area contributed by atoms with Gasteiger partial charge in [-0.2, -0.15) is 0 Å². The number of hydrogen-bond donors (Lipinski definition) is 8. The Bertz CT molecular complexity index is 1850. The number of fused-ring (bicyclic) bond motifs is 1. The molecule has 46 heavy (non-hydrogen) atoms. The number of aliphatic carboxylic acids is 2. The number of hydrogen-bond acceptors (Lipinski definition) is 10. The van der Waals surface area contributed by atoms with Crippen molar-refractivity contribution in [3.8, 4) is 11.5 Å². The molecule has 1 aromatic heterocycles. The van der Waals surface area contributed by atoms with Crippen molar-refractivity contribution in [1.82, 2.24) is 14.9 Å². The van der Waals surface area contributed by atoms with Crippen molar-refractivity contribution in [3.05, 3.63) is 62.6 Å². The zero-order valence-electron chi connectivity index (χ0n) is 24.6. The summed E-state index contributed by atoms with van der Waals surface area (Å²) >= 11 is 5.84. The molecule has 2 saturated carbocycles. The van der Waals surface area contributed by atoms with Crippen LogP contribution in [0.15, 0.2) is 41.2 Å². The van der Waals surface area contributed by atoms with E-state index in [2.05, 4.69) is 10.3 Å². The van der Waals surface area contributed by atoms with Gasteiger partial charge in [0.15, 0.2) is 28.5 Å². The number of aromatic hydroxyl groups is 1. The molecule has 244 valence electrons. The van der Waals surface area contributed by atoms with Crippen molar-refractivity contribution < 1.29 is 45.0 Å². The van der Waals surface area contributed by atoms with E-state index >= 15 is 0 Å². The highest BCUT2D eigenvalue weighted by Gasteiger charge is 2.74. The number of ether oxygens (including phenoxy) is 1. The zero-order valence-corrected chi connectivity index (χ0v) is 25.4. The summed E-state index contributed by atoms with van der Waals surface area (Å²) in [4.78, 5) is 36.9. The summed E-state index contributed by atoms with van der Waals surface area (Å²) in [6, 6.07) is 10.7. The van der Waals surface area contributed by atoms with E-state index in [0.29, 0.717) is 41.1 Å². The molecule has 0 amide bonds. The Morgan fingerprint density at radius 1 is 1.09 bits per heavy atom. The average Bonchev–Trinajstić information content (AvgIpc) is 3.76. The van der Waals surface area contributed by atoms with Gasteiger partial charge in [-0.3, -0.25) is 9.36 Å². The number of piperidine rings is 1. The Kier molecular flexibility index (Phi) is 7.29. The second-order valence-corrected chi connectivity index (χ2v) is 13.6. The molecule has 8 rings (SSSR count). The second kappa shape index (κ2) is 10.9. The fourth-order valence-corrected chi connectivity index (χ4v) is 8.93. The number of nitrogens with one attached hydrogen (secondary N) is 2. The van der Waals surface area contributed by atoms with Gasteiger partial charge in [-0.05, 0) is 80.0 Å². The number of H-pyrrole nitrogens is 1. The minimum absolute atomic E-state index is 0.0231. The van der Waals surface area contributed by atoms with Gasteiger partial charge in [0.1, 0.15) is 6.10 Å². The second-order valence-electron chi connectivity index (χ2n) is 13.2. The van der Waals surface area contributed by atoms with E-state index in [9.17, 15) is 24.6 Å². The lowest BCUT2D eigenvalue weighted by Gasteiger charge is -2.63. The summed E-state index contributed by atoms with van der Waals surface area (Å²) in [6.07, 6.45) is 0.228. The van der Waals surface area contributed by atoms with Crippen LogP contribution in [0.3, 0.4) is 0 Å². The van der Waals surface area contributed by atoms with E-state index in [1.165, 1.54) is 12.8 Å². The molecule has 1 saturated heterocycles. The number of carboxylic acids is 2. The lowest BCUT2D eigenvalue weighted by atomic mass is 9.46. The van der Waals surface area contributed by atoms with E-state index in [1.54, 1.807) is 10.6 Å². The van der Waals surface area contributed by atoms with Crippen LogP contribution in [0.4, 0.5) is 0 Å². The van der Waals surface area contributed by atoms with Crippen molar-refractivity contribution in [2.45, 2.75) is 79.9 Å². The lowest BCUT2D eigenvalue weighted by molar-refractivity contribution is -0.181. The van der Waals surface area contributed by atoms with E-state index in [4.69, 9.17) is 37.4 Å². The van der Waals surface area contributed by atoms with Gasteiger partial charge < -0.3 is 45.7 Å². The fourth-order valence-electron chi connectivity index (χ4n) is 8.61. The molecular weight excluding hydrogens is 618 g/mol. The van der Waals surface area contributed by atoms with Gasteiger partial charge in [-0.1, -0.05) is 31.0 Å². The van der Waals surface area contributed by atoms with Gasteiger partial charge in [0.05, 0.1) is 28.0 Å². The SMILES string of the molecule is O=C(O)C(O)C(O)C(=O)O.O=c1c2ccccc2[nH]c(=S)n1[C@@H]1C(CC2CC2)C[C@@]2(O)[C@H]3Cc4ccc(O)c5c4[C@@]2(CCN3)[C@H]1O5. The molecule has 3 aliphatic carbocycles. The molecule has 0 radical (unpaired) electrons. The summed E-state index contributed by atoms with van der Waals surface area (Å²) < 4.78 is 8.87. The number of nitrogens with zero attached hydrogens (tertiary/aromatic N) is 1. The monoisotopic (exact) mass is 653 g/mol. The van der Waals surface area contributed by atoms with Crippen molar-refractivity contribution in [2.24, 2.45) is 11.8 Å². The minimum atomic E-state index is -2.27. The molecule has 2 bridgehead atoms. The Hall–Kier alpha value is -3.82.